The summed E-state index contributed by atoms with van der Waals surface area (Å²) in [5.41, 5.74) is 1.62. The van der Waals surface area contributed by atoms with E-state index in [1.807, 2.05) is 23.1 Å². The molecule has 1 aromatic carbocycles. The smallest absolute Gasteiger partial charge is 0.404 e. The van der Waals surface area contributed by atoms with Crippen molar-refractivity contribution in [2.45, 2.75) is 18.6 Å². The Balaban J connectivity index is 1.93. The van der Waals surface area contributed by atoms with E-state index in [-0.39, 0.29) is 0 Å². The number of β-amino-alcohol motifs (C(OH)–C–C–N with tert-alkyl or cyclic N) is 1. The molecule has 3 N–H and O–H groups in total. The van der Waals surface area contributed by atoms with E-state index < -0.39 is 18.2 Å². The summed E-state index contributed by atoms with van der Waals surface area (Å²) in [6.45, 7) is 0.893. The second kappa shape index (κ2) is 6.51. The van der Waals surface area contributed by atoms with Gasteiger partial charge < -0.3 is 20.4 Å². The summed E-state index contributed by atoms with van der Waals surface area (Å²) in [4.78, 5) is 17.1. The van der Waals surface area contributed by atoms with Crippen molar-refractivity contribution in [2.24, 2.45) is 0 Å². The molecule has 8 heteroatoms. The number of aliphatic hydroxyl groups is 1. The molecule has 0 aliphatic carbocycles. The Bertz CT molecular complexity index is 753. The van der Waals surface area contributed by atoms with Crippen molar-refractivity contribution < 1.29 is 15.0 Å². The molecule has 1 aliphatic heterocycles. The number of carboxylic acid groups (broad SMARTS) is 1. The van der Waals surface area contributed by atoms with Crippen LogP contribution in [0.2, 0.25) is 5.02 Å². The molecule has 1 fully saturated rings. The highest BCUT2D eigenvalue weighted by Gasteiger charge is 2.30. The van der Waals surface area contributed by atoms with Crippen molar-refractivity contribution in [2.75, 3.05) is 18.0 Å². The summed E-state index contributed by atoms with van der Waals surface area (Å²) in [5, 5.41) is 22.8. The summed E-state index contributed by atoms with van der Waals surface area (Å²) >= 11 is 9.80. The maximum absolute atomic E-state index is 10.8. The first kappa shape index (κ1) is 16.3. The highest BCUT2D eigenvalue weighted by molar-refractivity contribution is 9.10. The number of anilines is 1. The van der Waals surface area contributed by atoms with Gasteiger partial charge in [0.15, 0.2) is 0 Å². The van der Waals surface area contributed by atoms with Gasteiger partial charge in [-0.05, 0) is 24.6 Å². The van der Waals surface area contributed by atoms with Gasteiger partial charge in [0.2, 0.25) is 0 Å². The lowest BCUT2D eigenvalue weighted by molar-refractivity contribution is 0.108. The summed E-state index contributed by atoms with van der Waals surface area (Å²) < 4.78 is 0.915. The van der Waals surface area contributed by atoms with Gasteiger partial charge in [-0.15, -0.1) is 0 Å². The molecular formula is C15H15BrClN3O3. The van der Waals surface area contributed by atoms with Crippen molar-refractivity contribution in [1.29, 1.82) is 0 Å². The molecule has 1 aliphatic rings. The number of carbonyl (C=O) groups is 1. The number of aromatic nitrogens is 1. The van der Waals surface area contributed by atoms with Gasteiger partial charge in [-0.25, -0.2) is 4.79 Å². The molecule has 0 spiro atoms. The summed E-state index contributed by atoms with van der Waals surface area (Å²) in [6.07, 6.45) is 0.174. The first-order valence-corrected chi connectivity index (χ1v) is 8.29. The Kier molecular flexibility index (Phi) is 4.61. The number of aliphatic hydroxyl groups excluding tert-OH is 1. The van der Waals surface area contributed by atoms with Crippen LogP contribution in [0.15, 0.2) is 28.9 Å². The van der Waals surface area contributed by atoms with Gasteiger partial charge in [-0.2, -0.15) is 0 Å². The van der Waals surface area contributed by atoms with Crippen molar-refractivity contribution in [3.8, 4) is 0 Å². The number of amides is 1. The van der Waals surface area contributed by atoms with Gasteiger partial charge in [0, 0.05) is 29.1 Å². The molecule has 1 amide bonds. The Hall–Kier alpha value is -1.57. The highest BCUT2D eigenvalue weighted by Crippen LogP contribution is 2.36. The molecule has 122 valence electrons. The van der Waals surface area contributed by atoms with E-state index in [2.05, 4.69) is 26.2 Å². The quantitative estimate of drug-likeness (QED) is 0.722. The van der Waals surface area contributed by atoms with Crippen LogP contribution in [0, 0.1) is 0 Å². The third kappa shape index (κ3) is 3.36. The zero-order valence-electron chi connectivity index (χ0n) is 12.0. The second-order valence-electron chi connectivity index (χ2n) is 5.47. The zero-order valence-corrected chi connectivity index (χ0v) is 14.4. The van der Waals surface area contributed by atoms with E-state index in [9.17, 15) is 9.90 Å². The van der Waals surface area contributed by atoms with Crippen LogP contribution in [0.4, 0.5) is 10.5 Å². The largest absolute Gasteiger partial charge is 0.465 e. The predicted octanol–water partition coefficient (Wildman–Crippen LogP) is 2.86. The molecular weight excluding hydrogens is 386 g/mol. The van der Waals surface area contributed by atoms with Crippen LogP contribution in [0.25, 0.3) is 10.9 Å². The molecule has 0 saturated carbocycles. The van der Waals surface area contributed by atoms with E-state index in [0.29, 0.717) is 24.5 Å². The predicted molar refractivity (Wildman–Crippen MR) is 92.2 cm³/mol. The van der Waals surface area contributed by atoms with Crippen molar-refractivity contribution in [3.05, 3.63) is 33.9 Å². The number of piperidine rings is 1. The van der Waals surface area contributed by atoms with E-state index >= 15 is 0 Å². The van der Waals surface area contributed by atoms with Gasteiger partial charge >= 0.3 is 6.09 Å². The molecule has 0 radical (unpaired) electrons. The van der Waals surface area contributed by atoms with Crippen molar-refractivity contribution in [1.82, 2.24) is 10.3 Å². The van der Waals surface area contributed by atoms with Gasteiger partial charge in [0.1, 0.15) is 0 Å². The lowest BCUT2D eigenvalue weighted by atomic mass is 10.0. The average molecular weight is 401 g/mol. The number of rotatable bonds is 2. The topological polar surface area (TPSA) is 85.7 Å². The standard InChI is InChI=1S/C15H15BrClN3O3/c16-8-1-2-11-9(5-8)14(10(17)6-18-11)20-4-3-12(13(21)7-20)19-15(22)23/h1-2,5-6,12-13,19,21H,3-4,7H2,(H,22,23)/t12-,13-/m1/s1. The van der Waals surface area contributed by atoms with Gasteiger partial charge in [-0.1, -0.05) is 27.5 Å². The fraction of sp³-hybridized carbons (Fsp3) is 0.333. The minimum absolute atomic E-state index is 0.302. The third-order valence-corrected chi connectivity index (χ3v) is 4.73. The molecule has 1 aromatic heterocycles. The summed E-state index contributed by atoms with van der Waals surface area (Å²) in [7, 11) is 0. The Labute approximate surface area is 146 Å². The Morgan fingerprint density at radius 3 is 2.96 bits per heavy atom. The van der Waals surface area contributed by atoms with Crippen LogP contribution in [0.5, 0.6) is 0 Å². The maximum Gasteiger partial charge on any atom is 0.404 e. The Morgan fingerprint density at radius 2 is 2.26 bits per heavy atom. The fourth-order valence-electron chi connectivity index (χ4n) is 2.91. The minimum atomic E-state index is -1.13. The summed E-state index contributed by atoms with van der Waals surface area (Å²) in [6, 6.07) is 5.28. The van der Waals surface area contributed by atoms with E-state index in [4.69, 9.17) is 16.7 Å². The number of hydrogen-bond donors (Lipinski definition) is 3. The number of nitrogens with zero attached hydrogens (tertiary/aromatic N) is 2. The maximum atomic E-state index is 10.8. The number of nitrogens with one attached hydrogen (secondary N) is 1. The minimum Gasteiger partial charge on any atom is -0.465 e. The number of benzene rings is 1. The SMILES string of the molecule is O=C(O)N[C@@H]1CCN(c2c(Cl)cnc3ccc(Br)cc23)C[C@H]1O. The van der Waals surface area contributed by atoms with Crippen LogP contribution >= 0.6 is 27.5 Å². The molecule has 2 heterocycles. The molecule has 6 nitrogen and oxygen atoms in total. The number of fused-ring (bicyclic) bond motifs is 1. The zero-order chi connectivity index (χ0) is 16.6. The van der Waals surface area contributed by atoms with Crippen LogP contribution in [0.3, 0.4) is 0 Å². The molecule has 23 heavy (non-hydrogen) atoms. The normalized spacial score (nSPS) is 21.4. The third-order valence-electron chi connectivity index (χ3n) is 3.96. The summed E-state index contributed by atoms with van der Waals surface area (Å²) in [5.74, 6) is 0. The number of halogens is 2. The average Bonchev–Trinajstić information content (AvgIpc) is 2.49. The molecule has 1 saturated heterocycles. The lowest BCUT2D eigenvalue weighted by Crippen LogP contribution is -2.54. The number of pyridine rings is 1. The molecule has 0 bridgehead atoms. The number of hydrogen-bond acceptors (Lipinski definition) is 4. The van der Waals surface area contributed by atoms with E-state index in [0.717, 1.165) is 21.1 Å². The van der Waals surface area contributed by atoms with E-state index in [1.54, 1.807) is 6.20 Å². The Morgan fingerprint density at radius 1 is 1.48 bits per heavy atom. The lowest BCUT2D eigenvalue weighted by Gasteiger charge is -2.37. The molecule has 0 unspecified atom stereocenters. The highest BCUT2D eigenvalue weighted by atomic mass is 79.9. The molecule has 2 atom stereocenters. The van der Waals surface area contributed by atoms with Crippen LogP contribution in [-0.2, 0) is 0 Å². The van der Waals surface area contributed by atoms with Gasteiger partial charge in [0.05, 0.1) is 28.4 Å². The van der Waals surface area contributed by atoms with Gasteiger partial charge in [0.25, 0.3) is 0 Å². The van der Waals surface area contributed by atoms with Crippen LogP contribution in [0.1, 0.15) is 6.42 Å². The first-order valence-electron chi connectivity index (χ1n) is 7.12. The monoisotopic (exact) mass is 399 g/mol. The second-order valence-corrected chi connectivity index (χ2v) is 6.80. The van der Waals surface area contributed by atoms with E-state index in [1.165, 1.54) is 0 Å². The fourth-order valence-corrected chi connectivity index (χ4v) is 3.54. The molecule has 3 rings (SSSR count). The van der Waals surface area contributed by atoms with Crippen LogP contribution in [-0.4, -0.2) is 46.5 Å². The van der Waals surface area contributed by atoms with Crippen LogP contribution < -0.4 is 10.2 Å². The van der Waals surface area contributed by atoms with Crippen molar-refractivity contribution in [3.63, 3.8) is 0 Å². The first-order chi connectivity index (χ1) is 11.0. The van der Waals surface area contributed by atoms with Gasteiger partial charge in [-0.3, -0.25) is 4.98 Å². The molecule has 2 aromatic rings. The van der Waals surface area contributed by atoms with Crippen molar-refractivity contribution >= 4 is 50.2 Å².